The van der Waals surface area contributed by atoms with Crippen LogP contribution in [0.3, 0.4) is 0 Å². The highest BCUT2D eigenvalue weighted by molar-refractivity contribution is 5.69. The normalized spacial score (nSPS) is 12.7. The van der Waals surface area contributed by atoms with Gasteiger partial charge in [-0.2, -0.15) is 4.98 Å². The number of hydrogen-bond donors (Lipinski definition) is 4. The van der Waals surface area contributed by atoms with Gasteiger partial charge in [0.2, 0.25) is 5.95 Å². The van der Waals surface area contributed by atoms with E-state index in [2.05, 4.69) is 35.2 Å². The van der Waals surface area contributed by atoms with Crippen LogP contribution in [0.25, 0.3) is 11.2 Å². The van der Waals surface area contributed by atoms with Crippen LogP contribution in [0.15, 0.2) is 23.5 Å². The van der Waals surface area contributed by atoms with Crippen LogP contribution in [0.1, 0.15) is 25.2 Å². The van der Waals surface area contributed by atoms with Gasteiger partial charge in [0, 0.05) is 12.4 Å². The Balaban J connectivity index is 1.94. The van der Waals surface area contributed by atoms with Crippen LogP contribution in [0.2, 0.25) is 0 Å². The fourth-order valence-electron chi connectivity index (χ4n) is 1.91. The molecule has 0 amide bonds. The van der Waals surface area contributed by atoms with Gasteiger partial charge in [-0.05, 0) is 6.42 Å². The highest BCUT2D eigenvalue weighted by atomic mass is 16.1. The summed E-state index contributed by atoms with van der Waals surface area (Å²) >= 11 is 0. The van der Waals surface area contributed by atoms with Crippen LogP contribution >= 0.6 is 0 Å². The van der Waals surface area contributed by atoms with Crippen molar-refractivity contribution in [2.75, 3.05) is 5.32 Å². The van der Waals surface area contributed by atoms with E-state index >= 15 is 0 Å². The van der Waals surface area contributed by atoms with E-state index in [0.29, 0.717) is 17.1 Å². The van der Waals surface area contributed by atoms with Gasteiger partial charge in [-0.25, -0.2) is 9.97 Å². The van der Waals surface area contributed by atoms with Gasteiger partial charge < -0.3 is 15.3 Å². The van der Waals surface area contributed by atoms with Crippen molar-refractivity contribution >= 4 is 17.1 Å². The SMILES string of the molecule is CCC(Nc1nc2[nH]cnc2c(=O)[nH]1)c1ncc[nH]1. The predicted molar refractivity (Wildman–Crippen MR) is 69.8 cm³/mol. The highest BCUT2D eigenvalue weighted by Crippen LogP contribution is 2.16. The van der Waals surface area contributed by atoms with Gasteiger partial charge in [-0.1, -0.05) is 6.92 Å². The molecule has 0 saturated carbocycles. The lowest BCUT2D eigenvalue weighted by atomic mass is 10.2. The molecule has 0 saturated heterocycles. The Morgan fingerprint density at radius 2 is 2.26 bits per heavy atom. The Morgan fingerprint density at radius 3 is 3.00 bits per heavy atom. The van der Waals surface area contributed by atoms with Gasteiger partial charge in [-0.15, -0.1) is 0 Å². The number of imidazole rings is 2. The van der Waals surface area contributed by atoms with Gasteiger partial charge in [0.15, 0.2) is 11.2 Å². The summed E-state index contributed by atoms with van der Waals surface area (Å²) in [5, 5.41) is 3.15. The first-order valence-corrected chi connectivity index (χ1v) is 5.97. The molecule has 0 aliphatic heterocycles. The van der Waals surface area contributed by atoms with Crippen LogP contribution in [0, 0.1) is 0 Å². The predicted octanol–water partition coefficient (Wildman–Crippen LogP) is 0.932. The van der Waals surface area contributed by atoms with Gasteiger partial charge >= 0.3 is 0 Å². The Hall–Kier alpha value is -2.64. The molecule has 0 bridgehead atoms. The number of nitrogens with zero attached hydrogens (tertiary/aromatic N) is 3. The quantitative estimate of drug-likeness (QED) is 0.556. The lowest BCUT2D eigenvalue weighted by Crippen LogP contribution is -2.17. The van der Waals surface area contributed by atoms with E-state index < -0.39 is 0 Å². The summed E-state index contributed by atoms with van der Waals surface area (Å²) in [4.78, 5) is 32.7. The molecular weight excluding hydrogens is 246 g/mol. The maximum atomic E-state index is 11.8. The first-order valence-electron chi connectivity index (χ1n) is 5.97. The zero-order valence-electron chi connectivity index (χ0n) is 10.3. The van der Waals surface area contributed by atoms with E-state index in [1.807, 2.05) is 6.92 Å². The monoisotopic (exact) mass is 259 g/mol. The van der Waals surface area contributed by atoms with Crippen molar-refractivity contribution in [3.8, 4) is 0 Å². The molecule has 8 heteroatoms. The maximum absolute atomic E-state index is 11.8. The average Bonchev–Trinajstić information content (AvgIpc) is 3.06. The van der Waals surface area contributed by atoms with E-state index in [1.165, 1.54) is 6.33 Å². The van der Waals surface area contributed by atoms with Gasteiger partial charge in [-0.3, -0.25) is 9.78 Å². The third-order valence-electron chi connectivity index (χ3n) is 2.86. The molecular formula is C11H13N7O. The number of rotatable bonds is 4. The molecule has 0 aliphatic rings. The van der Waals surface area contributed by atoms with E-state index in [9.17, 15) is 4.79 Å². The second-order valence-electron chi connectivity index (χ2n) is 4.09. The van der Waals surface area contributed by atoms with Crippen LogP contribution in [0.4, 0.5) is 5.95 Å². The number of hydrogen-bond acceptors (Lipinski definition) is 5. The second kappa shape index (κ2) is 4.56. The Morgan fingerprint density at radius 1 is 1.37 bits per heavy atom. The van der Waals surface area contributed by atoms with Crippen molar-refractivity contribution in [1.82, 2.24) is 29.9 Å². The Kier molecular flexibility index (Phi) is 2.75. The van der Waals surface area contributed by atoms with Crippen molar-refractivity contribution in [2.45, 2.75) is 19.4 Å². The number of nitrogens with one attached hydrogen (secondary N) is 4. The molecule has 1 unspecified atom stereocenters. The largest absolute Gasteiger partial charge is 0.347 e. The van der Waals surface area contributed by atoms with E-state index in [-0.39, 0.29) is 11.6 Å². The molecule has 3 heterocycles. The van der Waals surface area contributed by atoms with E-state index in [1.54, 1.807) is 12.4 Å². The number of H-pyrrole nitrogens is 3. The van der Waals surface area contributed by atoms with Crippen molar-refractivity contribution in [3.63, 3.8) is 0 Å². The fraction of sp³-hybridized carbons (Fsp3) is 0.273. The molecule has 3 aromatic rings. The minimum atomic E-state index is -0.275. The summed E-state index contributed by atoms with van der Waals surface area (Å²) in [5.41, 5.74) is 0.486. The van der Waals surface area contributed by atoms with Gasteiger partial charge in [0.05, 0.1) is 12.4 Å². The molecule has 0 aliphatic carbocycles. The molecule has 1 atom stereocenters. The highest BCUT2D eigenvalue weighted by Gasteiger charge is 2.13. The summed E-state index contributed by atoms with van der Waals surface area (Å²) in [6.07, 6.45) is 5.70. The molecule has 4 N–H and O–H groups in total. The molecule has 19 heavy (non-hydrogen) atoms. The minimum Gasteiger partial charge on any atom is -0.347 e. The molecule has 8 nitrogen and oxygen atoms in total. The van der Waals surface area contributed by atoms with Crippen LogP contribution < -0.4 is 10.9 Å². The van der Waals surface area contributed by atoms with Gasteiger partial charge in [0.25, 0.3) is 5.56 Å². The zero-order valence-corrected chi connectivity index (χ0v) is 10.3. The maximum Gasteiger partial charge on any atom is 0.280 e. The first-order chi connectivity index (χ1) is 9.28. The fourth-order valence-corrected chi connectivity index (χ4v) is 1.91. The topological polar surface area (TPSA) is 115 Å². The van der Waals surface area contributed by atoms with E-state index in [0.717, 1.165) is 12.2 Å². The smallest absolute Gasteiger partial charge is 0.280 e. The van der Waals surface area contributed by atoms with Crippen molar-refractivity contribution in [2.24, 2.45) is 0 Å². The summed E-state index contributed by atoms with van der Waals surface area (Å²) in [6.45, 7) is 2.02. The molecule has 3 aromatic heterocycles. The number of anilines is 1. The van der Waals surface area contributed by atoms with Crippen LogP contribution in [0.5, 0.6) is 0 Å². The second-order valence-corrected chi connectivity index (χ2v) is 4.09. The van der Waals surface area contributed by atoms with Crippen molar-refractivity contribution in [1.29, 1.82) is 0 Å². The van der Waals surface area contributed by atoms with Crippen molar-refractivity contribution in [3.05, 3.63) is 34.9 Å². The standard InChI is InChI=1S/C11H13N7O/c1-2-6(8-12-3-4-13-8)16-11-17-9-7(10(19)18-11)14-5-15-9/h3-6H,2H2,1H3,(H,12,13)(H3,14,15,16,17,18,19). The molecule has 0 fully saturated rings. The molecule has 0 spiro atoms. The van der Waals surface area contributed by atoms with Crippen molar-refractivity contribution < 1.29 is 0 Å². The summed E-state index contributed by atoms with van der Waals surface area (Å²) in [5.74, 6) is 1.19. The third kappa shape index (κ3) is 2.07. The average molecular weight is 259 g/mol. The number of aromatic amines is 3. The molecule has 3 rings (SSSR count). The molecule has 0 aromatic carbocycles. The number of aromatic nitrogens is 6. The molecule has 0 radical (unpaired) electrons. The Bertz CT molecular complexity index is 727. The molecule has 98 valence electrons. The van der Waals surface area contributed by atoms with E-state index in [4.69, 9.17) is 0 Å². The van der Waals surface area contributed by atoms with Gasteiger partial charge in [0.1, 0.15) is 5.82 Å². The number of fused-ring (bicyclic) bond motifs is 1. The first kappa shape index (κ1) is 11.5. The summed E-state index contributed by atoms with van der Waals surface area (Å²) < 4.78 is 0. The zero-order chi connectivity index (χ0) is 13.2. The summed E-state index contributed by atoms with van der Waals surface area (Å²) in [7, 11) is 0. The lowest BCUT2D eigenvalue weighted by Gasteiger charge is -2.14. The van der Waals surface area contributed by atoms with Crippen LogP contribution in [-0.4, -0.2) is 29.9 Å². The summed E-state index contributed by atoms with van der Waals surface area (Å²) in [6, 6.07) is -0.0430. The minimum absolute atomic E-state index is 0.0430. The van der Waals surface area contributed by atoms with Crippen LogP contribution in [-0.2, 0) is 0 Å². The third-order valence-corrected chi connectivity index (χ3v) is 2.86. The lowest BCUT2D eigenvalue weighted by molar-refractivity contribution is 0.695. The Labute approximate surface area is 107 Å².